The molecule has 1 amide bonds. The number of alkyl carbamates (subject to hydrolysis) is 1. The summed E-state index contributed by atoms with van der Waals surface area (Å²) in [5.41, 5.74) is -0.510. The predicted molar refractivity (Wildman–Crippen MR) is 117 cm³/mol. The molecular formula is C21H35BN4O4. The number of nitrogens with zero attached hydrogens (tertiary/aromatic N) is 3. The maximum absolute atomic E-state index is 12.0. The van der Waals surface area contributed by atoms with E-state index >= 15 is 0 Å². The molecule has 30 heavy (non-hydrogen) atoms. The van der Waals surface area contributed by atoms with Crippen molar-refractivity contribution in [3.63, 3.8) is 0 Å². The molecule has 2 fully saturated rings. The molecule has 2 saturated heterocycles. The molecule has 2 aliphatic heterocycles. The first-order valence-corrected chi connectivity index (χ1v) is 10.8. The Balaban J connectivity index is 1.64. The van der Waals surface area contributed by atoms with Crippen molar-refractivity contribution in [3.05, 3.63) is 12.4 Å². The van der Waals surface area contributed by atoms with Crippen LogP contribution in [0.4, 0.5) is 10.7 Å². The van der Waals surface area contributed by atoms with E-state index < -0.39 is 30.0 Å². The van der Waals surface area contributed by atoms with E-state index in [4.69, 9.17) is 14.0 Å². The van der Waals surface area contributed by atoms with Gasteiger partial charge in [0.05, 0.1) is 11.2 Å². The number of hydrogen-bond donors (Lipinski definition) is 1. The number of piperidine rings is 1. The fourth-order valence-corrected chi connectivity index (χ4v) is 3.57. The summed E-state index contributed by atoms with van der Waals surface area (Å²) in [6, 6.07) is 0.133. The molecule has 1 aromatic heterocycles. The van der Waals surface area contributed by atoms with Crippen LogP contribution in [0, 0.1) is 0 Å². The minimum atomic E-state index is -0.511. The van der Waals surface area contributed by atoms with Gasteiger partial charge in [-0.15, -0.1) is 0 Å². The van der Waals surface area contributed by atoms with Crippen molar-refractivity contribution in [2.45, 2.75) is 90.6 Å². The molecule has 3 rings (SSSR count). The Bertz CT molecular complexity index is 732. The topological polar surface area (TPSA) is 85.8 Å². The van der Waals surface area contributed by atoms with E-state index in [1.54, 1.807) is 12.4 Å². The molecule has 1 aromatic rings. The van der Waals surface area contributed by atoms with Crippen LogP contribution in [0.2, 0.25) is 0 Å². The Hall–Kier alpha value is -1.87. The minimum absolute atomic E-state index is 0.133. The van der Waals surface area contributed by atoms with Gasteiger partial charge >= 0.3 is 13.2 Å². The summed E-state index contributed by atoms with van der Waals surface area (Å²) in [5.74, 6) is 0.658. The summed E-state index contributed by atoms with van der Waals surface area (Å²) in [4.78, 5) is 23.4. The van der Waals surface area contributed by atoms with Crippen LogP contribution in [0.3, 0.4) is 0 Å². The predicted octanol–water partition coefficient (Wildman–Crippen LogP) is 2.66. The maximum Gasteiger partial charge on any atom is 0.498 e. The summed E-state index contributed by atoms with van der Waals surface area (Å²) < 4.78 is 17.5. The van der Waals surface area contributed by atoms with Gasteiger partial charge in [-0.1, -0.05) is 0 Å². The molecule has 1 N–H and O–H groups in total. The molecule has 0 aliphatic carbocycles. The summed E-state index contributed by atoms with van der Waals surface area (Å²) in [6.45, 7) is 15.0. The van der Waals surface area contributed by atoms with Gasteiger partial charge in [0.2, 0.25) is 5.95 Å². The maximum atomic E-state index is 12.0. The van der Waals surface area contributed by atoms with E-state index in [0.717, 1.165) is 31.3 Å². The quantitative estimate of drug-likeness (QED) is 0.753. The van der Waals surface area contributed by atoms with Crippen molar-refractivity contribution in [1.29, 1.82) is 0 Å². The average Bonchev–Trinajstić information content (AvgIpc) is 2.86. The van der Waals surface area contributed by atoms with Crippen LogP contribution < -0.4 is 15.7 Å². The summed E-state index contributed by atoms with van der Waals surface area (Å²) in [5, 5.41) is 2.88. The molecule has 3 heterocycles. The molecule has 2 aliphatic rings. The highest BCUT2D eigenvalue weighted by atomic mass is 16.7. The molecule has 8 nitrogen and oxygen atoms in total. The van der Waals surface area contributed by atoms with Gasteiger partial charge in [-0.25, -0.2) is 14.8 Å². The van der Waals surface area contributed by atoms with Gasteiger partial charge in [0, 0.05) is 37.0 Å². The second kappa shape index (κ2) is 8.34. The van der Waals surface area contributed by atoms with Gasteiger partial charge < -0.3 is 24.3 Å². The SMILES string of the molecule is CC(C)(C)OC(=O)NC[C@@H]1CCCCN1c1ncc(B2OC(C)(C)C(C)(C)O2)cn1. The second-order valence-corrected chi connectivity index (χ2v) is 10.1. The lowest BCUT2D eigenvalue weighted by Gasteiger charge is -2.36. The van der Waals surface area contributed by atoms with Crippen LogP contribution in [0.15, 0.2) is 12.4 Å². The van der Waals surface area contributed by atoms with E-state index in [2.05, 4.69) is 20.2 Å². The van der Waals surface area contributed by atoms with Crippen LogP contribution in [-0.2, 0) is 14.0 Å². The first-order valence-electron chi connectivity index (χ1n) is 10.8. The Labute approximate surface area is 180 Å². The zero-order valence-electron chi connectivity index (χ0n) is 19.3. The summed E-state index contributed by atoms with van der Waals surface area (Å²) in [7, 11) is -0.477. The number of ether oxygens (including phenoxy) is 1. The smallest absolute Gasteiger partial charge is 0.444 e. The van der Waals surface area contributed by atoms with Crippen molar-refractivity contribution in [3.8, 4) is 0 Å². The van der Waals surface area contributed by atoms with E-state index in [1.165, 1.54) is 0 Å². The molecule has 0 radical (unpaired) electrons. The molecule has 0 aromatic carbocycles. The number of anilines is 1. The molecule has 9 heteroatoms. The Kier molecular flexibility index (Phi) is 6.34. The monoisotopic (exact) mass is 418 g/mol. The molecule has 0 spiro atoms. The van der Waals surface area contributed by atoms with Crippen LogP contribution in [-0.4, -0.2) is 59.1 Å². The highest BCUT2D eigenvalue weighted by Crippen LogP contribution is 2.36. The van der Waals surface area contributed by atoms with E-state index in [0.29, 0.717) is 12.5 Å². The second-order valence-electron chi connectivity index (χ2n) is 10.1. The molecule has 166 valence electrons. The lowest BCUT2D eigenvalue weighted by Crippen LogP contribution is -2.48. The lowest BCUT2D eigenvalue weighted by atomic mass is 9.81. The van der Waals surface area contributed by atoms with Gasteiger partial charge in [0.1, 0.15) is 5.60 Å². The Morgan fingerprint density at radius 1 is 1.20 bits per heavy atom. The molecule has 0 unspecified atom stereocenters. The van der Waals surface area contributed by atoms with Gasteiger partial charge in [-0.2, -0.15) is 0 Å². The third kappa shape index (κ3) is 5.24. The number of carbonyl (C=O) groups excluding carboxylic acids is 1. The number of rotatable bonds is 4. The number of carbonyl (C=O) groups is 1. The fourth-order valence-electron chi connectivity index (χ4n) is 3.57. The first-order chi connectivity index (χ1) is 13.9. The minimum Gasteiger partial charge on any atom is -0.444 e. The Morgan fingerprint density at radius 2 is 1.80 bits per heavy atom. The van der Waals surface area contributed by atoms with Crippen LogP contribution in [0.25, 0.3) is 0 Å². The van der Waals surface area contributed by atoms with Gasteiger partial charge in [0.25, 0.3) is 0 Å². The zero-order valence-corrected chi connectivity index (χ0v) is 19.3. The zero-order chi connectivity index (χ0) is 22.2. The Morgan fingerprint density at radius 3 is 2.37 bits per heavy atom. The van der Waals surface area contributed by atoms with Crippen LogP contribution >= 0.6 is 0 Å². The van der Waals surface area contributed by atoms with Gasteiger partial charge in [0.15, 0.2) is 0 Å². The number of aromatic nitrogens is 2. The van der Waals surface area contributed by atoms with Gasteiger partial charge in [-0.05, 0) is 67.7 Å². The molecule has 0 bridgehead atoms. The third-order valence-electron chi connectivity index (χ3n) is 5.95. The van der Waals surface area contributed by atoms with Crippen molar-refractivity contribution in [2.75, 3.05) is 18.0 Å². The molecular weight excluding hydrogens is 383 g/mol. The highest BCUT2D eigenvalue weighted by Gasteiger charge is 2.52. The lowest BCUT2D eigenvalue weighted by molar-refractivity contribution is 0.00578. The first kappa shape index (κ1) is 22.8. The normalized spacial score (nSPS) is 23.4. The van der Waals surface area contributed by atoms with E-state index in [9.17, 15) is 4.79 Å². The average molecular weight is 418 g/mol. The van der Waals surface area contributed by atoms with Crippen LogP contribution in [0.1, 0.15) is 67.7 Å². The summed E-state index contributed by atoms with van der Waals surface area (Å²) in [6.07, 6.45) is 6.31. The van der Waals surface area contributed by atoms with Crippen molar-refractivity contribution in [2.24, 2.45) is 0 Å². The largest absolute Gasteiger partial charge is 0.498 e. The fraction of sp³-hybridized carbons (Fsp3) is 0.762. The number of hydrogen-bond acceptors (Lipinski definition) is 7. The molecule has 1 atom stereocenters. The van der Waals surface area contributed by atoms with Crippen molar-refractivity contribution in [1.82, 2.24) is 15.3 Å². The molecule has 0 saturated carbocycles. The van der Waals surface area contributed by atoms with Crippen LogP contribution in [0.5, 0.6) is 0 Å². The third-order valence-corrected chi connectivity index (χ3v) is 5.95. The van der Waals surface area contributed by atoms with E-state index in [1.807, 2.05) is 48.5 Å². The summed E-state index contributed by atoms with van der Waals surface area (Å²) >= 11 is 0. The number of amides is 1. The van der Waals surface area contributed by atoms with Gasteiger partial charge in [-0.3, -0.25) is 0 Å². The van der Waals surface area contributed by atoms with E-state index in [-0.39, 0.29) is 6.04 Å². The van der Waals surface area contributed by atoms with Crippen molar-refractivity contribution < 1.29 is 18.8 Å². The highest BCUT2D eigenvalue weighted by molar-refractivity contribution is 6.61. The standard InChI is InChI=1S/C21H35BN4O4/c1-19(2,3)28-18(27)25-14-16-10-8-9-11-26(16)17-23-12-15(13-24-17)22-29-20(4,5)21(6,7)30-22/h12-13,16H,8-11,14H2,1-7H3,(H,25,27)/t16-/m0/s1. The van der Waals surface area contributed by atoms with Crippen molar-refractivity contribution >= 4 is 24.6 Å². The number of nitrogens with one attached hydrogen (secondary N) is 1.